The average molecular weight is 354 g/mol. The fourth-order valence-corrected chi connectivity index (χ4v) is 3.26. The van der Waals surface area contributed by atoms with Crippen LogP contribution in [0.1, 0.15) is 47.2 Å². The molecule has 0 heterocycles. The van der Waals surface area contributed by atoms with Crippen LogP contribution in [0, 0.1) is 6.92 Å². The number of nitrogen functional groups attached to an aromatic ring is 1. The lowest BCUT2D eigenvalue weighted by Crippen LogP contribution is -2.24. The molecule has 0 bridgehead atoms. The number of nitrogens with one attached hydrogen (secondary N) is 1. The van der Waals surface area contributed by atoms with Crippen LogP contribution in [0.5, 0.6) is 11.5 Å². The molecule has 1 saturated carbocycles. The number of hydrogen-bond donors (Lipinski definition) is 2. The zero-order chi connectivity index (χ0) is 18.5. The lowest BCUT2D eigenvalue weighted by molar-refractivity contribution is 0.0950. The molecule has 5 nitrogen and oxygen atoms in total. The van der Waals surface area contributed by atoms with Crippen molar-refractivity contribution >= 4 is 11.6 Å². The van der Waals surface area contributed by atoms with E-state index in [1.807, 2.05) is 31.2 Å². The zero-order valence-corrected chi connectivity index (χ0v) is 15.4. The van der Waals surface area contributed by atoms with E-state index in [4.69, 9.17) is 15.2 Å². The minimum absolute atomic E-state index is 0.141. The summed E-state index contributed by atoms with van der Waals surface area (Å²) in [6.07, 6.45) is 4.80. The van der Waals surface area contributed by atoms with Gasteiger partial charge >= 0.3 is 0 Å². The Morgan fingerprint density at radius 3 is 2.69 bits per heavy atom. The van der Waals surface area contributed by atoms with Gasteiger partial charge in [0.25, 0.3) is 5.91 Å². The molecular weight excluding hydrogens is 328 g/mol. The van der Waals surface area contributed by atoms with E-state index in [9.17, 15) is 4.79 Å². The van der Waals surface area contributed by atoms with E-state index in [-0.39, 0.29) is 12.0 Å². The minimum atomic E-state index is -0.141. The number of aryl methyl sites for hydroxylation is 1. The Morgan fingerprint density at radius 1 is 1.19 bits per heavy atom. The largest absolute Gasteiger partial charge is 0.497 e. The maximum absolute atomic E-state index is 12.5. The summed E-state index contributed by atoms with van der Waals surface area (Å²) in [5.74, 6) is 1.39. The highest BCUT2D eigenvalue weighted by molar-refractivity contribution is 5.96. The molecule has 2 aromatic carbocycles. The van der Waals surface area contributed by atoms with Gasteiger partial charge in [-0.15, -0.1) is 0 Å². The van der Waals surface area contributed by atoms with Gasteiger partial charge < -0.3 is 20.5 Å². The molecule has 1 aliphatic carbocycles. The number of rotatable bonds is 6. The van der Waals surface area contributed by atoms with Crippen molar-refractivity contribution in [2.45, 2.75) is 45.3 Å². The van der Waals surface area contributed by atoms with Crippen LogP contribution in [0.4, 0.5) is 5.69 Å². The number of carbonyl (C=O) groups is 1. The predicted octanol–water partition coefficient (Wildman–Crippen LogP) is 3.84. The van der Waals surface area contributed by atoms with Crippen LogP contribution in [-0.2, 0) is 6.54 Å². The molecule has 0 spiro atoms. The summed E-state index contributed by atoms with van der Waals surface area (Å²) in [6.45, 7) is 2.29. The molecule has 1 aliphatic rings. The zero-order valence-electron chi connectivity index (χ0n) is 15.4. The Hall–Kier alpha value is -2.69. The monoisotopic (exact) mass is 354 g/mol. The lowest BCUT2D eigenvalue weighted by atomic mass is 10.1. The molecule has 0 atom stereocenters. The number of benzene rings is 2. The van der Waals surface area contributed by atoms with E-state index in [0.29, 0.717) is 17.8 Å². The normalized spacial score (nSPS) is 14.2. The average Bonchev–Trinajstić information content (AvgIpc) is 3.15. The van der Waals surface area contributed by atoms with E-state index < -0.39 is 0 Å². The number of amides is 1. The van der Waals surface area contributed by atoms with Gasteiger partial charge in [0.05, 0.1) is 13.2 Å². The maximum Gasteiger partial charge on any atom is 0.251 e. The molecule has 138 valence electrons. The first-order valence-electron chi connectivity index (χ1n) is 9.04. The van der Waals surface area contributed by atoms with E-state index in [1.54, 1.807) is 19.2 Å². The van der Waals surface area contributed by atoms with Crippen LogP contribution in [-0.4, -0.2) is 19.1 Å². The van der Waals surface area contributed by atoms with Gasteiger partial charge in [-0.25, -0.2) is 0 Å². The van der Waals surface area contributed by atoms with Crippen LogP contribution < -0.4 is 20.5 Å². The first-order valence-corrected chi connectivity index (χ1v) is 9.04. The summed E-state index contributed by atoms with van der Waals surface area (Å²) >= 11 is 0. The van der Waals surface area contributed by atoms with E-state index in [1.165, 1.54) is 12.8 Å². The number of methoxy groups -OCH3 is 1. The predicted molar refractivity (Wildman–Crippen MR) is 103 cm³/mol. The standard InChI is InChI=1S/C21H26N2O3/c1-14-7-9-16(22)11-19(14)21(24)23-13-15-8-10-18(25-2)12-20(15)26-17-5-3-4-6-17/h7-12,17H,3-6,13,22H2,1-2H3,(H,23,24). The second-order valence-electron chi connectivity index (χ2n) is 6.76. The van der Waals surface area contributed by atoms with Crippen molar-refractivity contribution in [2.75, 3.05) is 12.8 Å². The first-order chi connectivity index (χ1) is 12.6. The summed E-state index contributed by atoms with van der Waals surface area (Å²) in [5, 5.41) is 2.97. The molecule has 0 radical (unpaired) electrons. The van der Waals surface area contributed by atoms with Gasteiger partial charge in [0, 0.05) is 29.4 Å². The number of ether oxygens (including phenoxy) is 2. The van der Waals surface area contributed by atoms with E-state index >= 15 is 0 Å². The molecule has 0 saturated heterocycles. The Morgan fingerprint density at radius 2 is 1.96 bits per heavy atom. The summed E-state index contributed by atoms with van der Waals surface area (Å²) < 4.78 is 11.5. The fourth-order valence-electron chi connectivity index (χ4n) is 3.26. The Balaban J connectivity index is 1.73. The van der Waals surface area contributed by atoms with Crippen molar-refractivity contribution in [3.05, 3.63) is 53.1 Å². The van der Waals surface area contributed by atoms with Crippen molar-refractivity contribution in [2.24, 2.45) is 0 Å². The topological polar surface area (TPSA) is 73.6 Å². The Kier molecular flexibility index (Phi) is 5.66. The summed E-state index contributed by atoms with van der Waals surface area (Å²) in [5.41, 5.74) is 8.81. The highest BCUT2D eigenvalue weighted by Crippen LogP contribution is 2.30. The number of carbonyl (C=O) groups excluding carboxylic acids is 1. The molecular formula is C21H26N2O3. The molecule has 0 unspecified atom stereocenters. The lowest BCUT2D eigenvalue weighted by Gasteiger charge is -2.18. The summed E-state index contributed by atoms with van der Waals surface area (Å²) in [7, 11) is 1.64. The molecule has 2 aromatic rings. The van der Waals surface area contributed by atoms with Crippen LogP contribution >= 0.6 is 0 Å². The van der Waals surface area contributed by atoms with Gasteiger partial charge in [-0.1, -0.05) is 6.07 Å². The van der Waals surface area contributed by atoms with Crippen molar-refractivity contribution in [3.8, 4) is 11.5 Å². The molecule has 1 amide bonds. The van der Waals surface area contributed by atoms with Crippen LogP contribution in [0.2, 0.25) is 0 Å². The van der Waals surface area contributed by atoms with Gasteiger partial charge in [0.1, 0.15) is 11.5 Å². The van der Waals surface area contributed by atoms with Crippen molar-refractivity contribution in [3.63, 3.8) is 0 Å². The second kappa shape index (κ2) is 8.13. The van der Waals surface area contributed by atoms with Crippen LogP contribution in [0.15, 0.2) is 36.4 Å². The van der Waals surface area contributed by atoms with Gasteiger partial charge in [0.15, 0.2) is 0 Å². The van der Waals surface area contributed by atoms with Gasteiger partial charge in [-0.05, 0) is 62.4 Å². The smallest absolute Gasteiger partial charge is 0.251 e. The van der Waals surface area contributed by atoms with Gasteiger partial charge in [-0.2, -0.15) is 0 Å². The number of hydrogen-bond acceptors (Lipinski definition) is 4. The Bertz CT molecular complexity index is 783. The maximum atomic E-state index is 12.5. The van der Waals surface area contributed by atoms with Crippen molar-refractivity contribution < 1.29 is 14.3 Å². The highest BCUT2D eigenvalue weighted by atomic mass is 16.5. The highest BCUT2D eigenvalue weighted by Gasteiger charge is 2.19. The third-order valence-corrected chi connectivity index (χ3v) is 4.82. The second-order valence-corrected chi connectivity index (χ2v) is 6.76. The first kappa shape index (κ1) is 18.1. The molecule has 5 heteroatoms. The Labute approximate surface area is 154 Å². The van der Waals surface area contributed by atoms with Crippen LogP contribution in [0.3, 0.4) is 0 Å². The molecule has 1 fully saturated rings. The SMILES string of the molecule is COc1ccc(CNC(=O)c2cc(N)ccc2C)c(OC2CCCC2)c1. The molecule has 26 heavy (non-hydrogen) atoms. The molecule has 3 N–H and O–H groups in total. The fraction of sp³-hybridized carbons (Fsp3) is 0.381. The van der Waals surface area contributed by atoms with Gasteiger partial charge in [0.2, 0.25) is 0 Å². The number of nitrogens with two attached hydrogens (primary N) is 1. The molecule has 3 rings (SSSR count). The molecule has 0 aromatic heterocycles. The van der Waals surface area contributed by atoms with E-state index in [2.05, 4.69) is 5.32 Å². The van der Waals surface area contributed by atoms with Crippen molar-refractivity contribution in [1.29, 1.82) is 0 Å². The number of anilines is 1. The molecule has 0 aliphatic heterocycles. The minimum Gasteiger partial charge on any atom is -0.497 e. The van der Waals surface area contributed by atoms with E-state index in [0.717, 1.165) is 35.5 Å². The third-order valence-electron chi connectivity index (χ3n) is 4.82. The quantitative estimate of drug-likeness (QED) is 0.773. The third kappa shape index (κ3) is 4.28. The van der Waals surface area contributed by atoms with Crippen molar-refractivity contribution in [1.82, 2.24) is 5.32 Å². The van der Waals surface area contributed by atoms with Crippen LogP contribution in [0.25, 0.3) is 0 Å². The summed E-state index contributed by atoms with van der Waals surface area (Å²) in [4.78, 5) is 12.5. The van der Waals surface area contributed by atoms with Gasteiger partial charge in [-0.3, -0.25) is 4.79 Å². The summed E-state index contributed by atoms with van der Waals surface area (Å²) in [6, 6.07) is 11.1.